The number of rotatable bonds is 2. The molecule has 0 radical (unpaired) electrons. The zero-order valence-corrected chi connectivity index (χ0v) is 11.9. The van der Waals surface area contributed by atoms with Crippen LogP contribution in [0.4, 0.5) is 0 Å². The Labute approximate surface area is 123 Å². The summed E-state index contributed by atoms with van der Waals surface area (Å²) >= 11 is 0. The van der Waals surface area contributed by atoms with Crippen LogP contribution in [0.25, 0.3) is 11.0 Å². The van der Waals surface area contributed by atoms with Crippen molar-refractivity contribution in [3.8, 4) is 11.5 Å². The molecule has 0 bridgehead atoms. The van der Waals surface area contributed by atoms with Gasteiger partial charge in [-0.05, 0) is 55.3 Å². The molecule has 4 heteroatoms. The monoisotopic (exact) mass is 279 g/mol. The highest BCUT2D eigenvalue weighted by Gasteiger charge is 2.16. The Balaban J connectivity index is 1.71. The number of hydrogen-bond donors (Lipinski definition) is 2. The maximum absolute atomic E-state index is 6.08. The molecule has 4 nitrogen and oxygen atoms in total. The molecule has 0 saturated carbocycles. The van der Waals surface area contributed by atoms with Crippen molar-refractivity contribution in [1.82, 2.24) is 15.3 Å². The molecule has 1 aliphatic heterocycles. The molecule has 3 aromatic rings. The molecule has 2 aromatic heterocycles. The first kappa shape index (κ1) is 12.4. The molecule has 106 valence electrons. The minimum Gasteiger partial charge on any atom is -0.457 e. The molecule has 21 heavy (non-hydrogen) atoms. The Hall–Kier alpha value is -2.33. The highest BCUT2D eigenvalue weighted by molar-refractivity contribution is 5.82. The Bertz CT molecular complexity index is 794. The van der Waals surface area contributed by atoms with E-state index in [1.807, 2.05) is 18.3 Å². The summed E-state index contributed by atoms with van der Waals surface area (Å²) < 4.78 is 6.08. The van der Waals surface area contributed by atoms with Crippen LogP contribution in [-0.2, 0) is 6.42 Å². The number of nitrogens with zero attached hydrogens (tertiary/aromatic N) is 1. The maximum atomic E-state index is 6.08. The van der Waals surface area contributed by atoms with E-state index in [2.05, 4.69) is 40.4 Å². The van der Waals surface area contributed by atoms with Gasteiger partial charge in [-0.15, -0.1) is 0 Å². The Morgan fingerprint density at radius 2 is 2.19 bits per heavy atom. The first-order chi connectivity index (χ1) is 10.3. The predicted molar refractivity (Wildman–Crippen MR) is 82.7 cm³/mol. The first-order valence-corrected chi connectivity index (χ1v) is 7.27. The van der Waals surface area contributed by atoms with Crippen LogP contribution in [0.1, 0.15) is 24.1 Å². The average molecular weight is 279 g/mol. The summed E-state index contributed by atoms with van der Waals surface area (Å²) in [5.74, 6) is 1.70. The van der Waals surface area contributed by atoms with Crippen molar-refractivity contribution >= 4 is 11.0 Å². The molecule has 1 aromatic carbocycles. The topological polar surface area (TPSA) is 49.9 Å². The van der Waals surface area contributed by atoms with Crippen LogP contribution in [0.15, 0.2) is 42.7 Å². The van der Waals surface area contributed by atoms with E-state index in [9.17, 15) is 0 Å². The van der Waals surface area contributed by atoms with Gasteiger partial charge in [0.1, 0.15) is 17.1 Å². The van der Waals surface area contributed by atoms with Gasteiger partial charge in [-0.2, -0.15) is 0 Å². The summed E-state index contributed by atoms with van der Waals surface area (Å²) in [5.41, 5.74) is 3.59. The lowest BCUT2D eigenvalue weighted by Gasteiger charge is -2.24. The molecule has 0 aliphatic carbocycles. The second kappa shape index (κ2) is 4.90. The summed E-state index contributed by atoms with van der Waals surface area (Å²) in [6.07, 6.45) is 4.72. The van der Waals surface area contributed by atoms with Crippen LogP contribution in [0.5, 0.6) is 11.5 Å². The van der Waals surface area contributed by atoms with Gasteiger partial charge in [0.05, 0.1) is 5.39 Å². The van der Waals surface area contributed by atoms with Gasteiger partial charge in [0.15, 0.2) is 0 Å². The van der Waals surface area contributed by atoms with Crippen molar-refractivity contribution in [3.05, 3.63) is 53.9 Å². The molecule has 0 unspecified atom stereocenters. The highest BCUT2D eigenvalue weighted by Crippen LogP contribution is 2.32. The minimum atomic E-state index is 0.377. The Kier molecular flexibility index (Phi) is 2.89. The zero-order valence-electron chi connectivity index (χ0n) is 11.9. The number of aromatic nitrogens is 2. The van der Waals surface area contributed by atoms with Gasteiger partial charge < -0.3 is 15.0 Å². The van der Waals surface area contributed by atoms with Crippen LogP contribution in [-0.4, -0.2) is 16.5 Å². The summed E-state index contributed by atoms with van der Waals surface area (Å²) in [7, 11) is 0. The standard InChI is InChI=1S/C17H17N3O/c1-11-15-10-13(3-2-12(15)4-7-18-11)21-16-6-9-20-17-14(16)5-8-19-17/h2-3,5-6,8-11,18H,4,7H2,1H3,(H,19,20)/t11-/m0/s1. The molecule has 4 rings (SSSR count). The van der Waals surface area contributed by atoms with E-state index in [1.165, 1.54) is 11.1 Å². The van der Waals surface area contributed by atoms with Crippen LogP contribution in [0.3, 0.4) is 0 Å². The normalized spacial score (nSPS) is 17.7. The van der Waals surface area contributed by atoms with Crippen LogP contribution >= 0.6 is 0 Å². The molecular formula is C17H17N3O. The van der Waals surface area contributed by atoms with Crippen molar-refractivity contribution in [2.24, 2.45) is 0 Å². The van der Waals surface area contributed by atoms with Crippen molar-refractivity contribution in [2.45, 2.75) is 19.4 Å². The summed E-state index contributed by atoms with van der Waals surface area (Å²) in [4.78, 5) is 7.38. The summed E-state index contributed by atoms with van der Waals surface area (Å²) in [6, 6.07) is 10.6. The lowest BCUT2D eigenvalue weighted by molar-refractivity contribution is 0.480. The molecule has 1 aliphatic rings. The lowest BCUT2D eigenvalue weighted by atomic mass is 9.95. The van der Waals surface area contributed by atoms with Gasteiger partial charge in [-0.25, -0.2) is 4.98 Å². The summed E-state index contributed by atoms with van der Waals surface area (Å²) in [6.45, 7) is 3.24. The summed E-state index contributed by atoms with van der Waals surface area (Å²) in [5, 5.41) is 4.49. The van der Waals surface area contributed by atoms with E-state index in [0.29, 0.717) is 6.04 Å². The Morgan fingerprint density at radius 3 is 3.14 bits per heavy atom. The van der Waals surface area contributed by atoms with Crippen LogP contribution in [0.2, 0.25) is 0 Å². The molecule has 0 amide bonds. The van der Waals surface area contributed by atoms with Crippen LogP contribution in [0, 0.1) is 0 Å². The number of aromatic amines is 1. The van der Waals surface area contributed by atoms with E-state index in [4.69, 9.17) is 4.74 Å². The molecule has 0 fully saturated rings. The van der Waals surface area contributed by atoms with E-state index < -0.39 is 0 Å². The Morgan fingerprint density at radius 1 is 1.24 bits per heavy atom. The van der Waals surface area contributed by atoms with Gasteiger partial charge in [-0.3, -0.25) is 0 Å². The maximum Gasteiger partial charge on any atom is 0.140 e. The van der Waals surface area contributed by atoms with Gasteiger partial charge in [0.2, 0.25) is 0 Å². The minimum absolute atomic E-state index is 0.377. The average Bonchev–Trinajstić information content (AvgIpc) is 2.98. The highest BCUT2D eigenvalue weighted by atomic mass is 16.5. The fraction of sp³-hybridized carbons (Fsp3) is 0.235. The number of benzene rings is 1. The smallest absolute Gasteiger partial charge is 0.140 e. The second-order valence-electron chi connectivity index (χ2n) is 5.44. The van der Waals surface area contributed by atoms with E-state index >= 15 is 0 Å². The number of hydrogen-bond acceptors (Lipinski definition) is 3. The molecule has 0 spiro atoms. The third kappa shape index (κ3) is 2.17. The lowest BCUT2D eigenvalue weighted by Crippen LogP contribution is -2.27. The molecule has 2 N–H and O–H groups in total. The number of pyridine rings is 1. The van der Waals surface area contributed by atoms with Crippen LogP contribution < -0.4 is 10.1 Å². The molecule has 3 heterocycles. The SMILES string of the molecule is C[C@@H]1NCCc2ccc(Oc3ccnc4[nH]ccc34)cc21. The largest absolute Gasteiger partial charge is 0.457 e. The third-order valence-corrected chi connectivity index (χ3v) is 4.08. The van der Waals surface area contributed by atoms with E-state index in [1.54, 1.807) is 6.20 Å². The van der Waals surface area contributed by atoms with E-state index in [0.717, 1.165) is 35.5 Å². The van der Waals surface area contributed by atoms with Gasteiger partial charge >= 0.3 is 0 Å². The first-order valence-electron chi connectivity index (χ1n) is 7.27. The van der Waals surface area contributed by atoms with Gasteiger partial charge in [0, 0.05) is 18.4 Å². The number of fused-ring (bicyclic) bond motifs is 2. The van der Waals surface area contributed by atoms with Crippen molar-refractivity contribution in [3.63, 3.8) is 0 Å². The quantitative estimate of drug-likeness (QED) is 0.754. The number of ether oxygens (including phenoxy) is 1. The second-order valence-corrected chi connectivity index (χ2v) is 5.44. The van der Waals surface area contributed by atoms with Crippen molar-refractivity contribution in [1.29, 1.82) is 0 Å². The predicted octanol–water partition coefficient (Wildman–Crippen LogP) is 3.56. The molecule has 0 saturated heterocycles. The van der Waals surface area contributed by atoms with Crippen molar-refractivity contribution in [2.75, 3.05) is 6.54 Å². The zero-order chi connectivity index (χ0) is 14.2. The number of nitrogens with one attached hydrogen (secondary N) is 2. The number of H-pyrrole nitrogens is 1. The third-order valence-electron chi connectivity index (χ3n) is 4.08. The van der Waals surface area contributed by atoms with Gasteiger partial charge in [-0.1, -0.05) is 6.07 Å². The molecular weight excluding hydrogens is 262 g/mol. The molecule has 1 atom stereocenters. The van der Waals surface area contributed by atoms with Crippen molar-refractivity contribution < 1.29 is 4.74 Å². The van der Waals surface area contributed by atoms with Gasteiger partial charge in [0.25, 0.3) is 0 Å². The fourth-order valence-electron chi connectivity index (χ4n) is 2.95. The van der Waals surface area contributed by atoms with E-state index in [-0.39, 0.29) is 0 Å². The fourth-order valence-corrected chi connectivity index (χ4v) is 2.95.